The first-order valence-electron chi connectivity index (χ1n) is 6.61. The molecule has 1 aromatic rings. The lowest BCUT2D eigenvalue weighted by atomic mass is 9.82. The predicted octanol–water partition coefficient (Wildman–Crippen LogP) is -0.538. The minimum absolute atomic E-state index is 0.0118. The first-order valence-corrected chi connectivity index (χ1v) is 6.61. The third-order valence-corrected chi connectivity index (χ3v) is 2.98. The van der Waals surface area contributed by atoms with Gasteiger partial charge in [-0.3, -0.25) is 4.79 Å². The Morgan fingerprint density at radius 3 is 2.50 bits per heavy atom. The van der Waals surface area contributed by atoms with Crippen molar-refractivity contribution in [2.75, 3.05) is 6.54 Å². The van der Waals surface area contributed by atoms with Crippen LogP contribution in [0.4, 0.5) is 0 Å². The van der Waals surface area contributed by atoms with Gasteiger partial charge in [0.15, 0.2) is 0 Å². The molecule has 0 saturated heterocycles. The van der Waals surface area contributed by atoms with Gasteiger partial charge >= 0.3 is 13.1 Å². The molecule has 0 aromatic heterocycles. The van der Waals surface area contributed by atoms with E-state index >= 15 is 0 Å². The van der Waals surface area contributed by atoms with Crippen molar-refractivity contribution in [3.8, 4) is 0 Å². The molecule has 0 radical (unpaired) electrons. The average molecular weight is 280 g/mol. The molecule has 0 aliphatic rings. The van der Waals surface area contributed by atoms with Crippen LogP contribution in [0.25, 0.3) is 0 Å². The van der Waals surface area contributed by atoms with Crippen LogP contribution in [0.1, 0.15) is 12.0 Å². The Morgan fingerprint density at radius 2 is 1.95 bits per heavy atom. The maximum absolute atomic E-state index is 11.0. The lowest BCUT2D eigenvalue weighted by Crippen LogP contribution is -2.44. The minimum atomic E-state index is -1.49. The molecule has 0 aliphatic heterocycles. The van der Waals surface area contributed by atoms with Gasteiger partial charge in [0.2, 0.25) is 0 Å². The van der Waals surface area contributed by atoms with Crippen LogP contribution < -0.4 is 11.1 Å². The third kappa shape index (κ3) is 6.67. The summed E-state index contributed by atoms with van der Waals surface area (Å²) in [4.78, 5) is 11.0. The monoisotopic (exact) mass is 280 g/mol. The highest BCUT2D eigenvalue weighted by atomic mass is 16.4. The average Bonchev–Trinajstić information content (AvgIpc) is 2.39. The van der Waals surface area contributed by atoms with Crippen molar-refractivity contribution >= 4 is 13.1 Å². The smallest absolute Gasteiger partial charge is 0.451 e. The van der Waals surface area contributed by atoms with E-state index in [0.717, 1.165) is 5.56 Å². The van der Waals surface area contributed by atoms with Gasteiger partial charge in [-0.1, -0.05) is 30.3 Å². The number of nitrogens with two attached hydrogens (primary N) is 1. The minimum Gasteiger partial charge on any atom is -0.480 e. The van der Waals surface area contributed by atoms with Gasteiger partial charge in [0, 0.05) is 12.6 Å². The maximum Gasteiger partial charge on any atom is 0.451 e. The highest BCUT2D eigenvalue weighted by Gasteiger charge is 2.20. The number of hydrogen-bond acceptors (Lipinski definition) is 5. The van der Waals surface area contributed by atoms with Crippen LogP contribution in [0, 0.1) is 0 Å². The number of benzene rings is 1. The van der Waals surface area contributed by atoms with Crippen molar-refractivity contribution in [2.24, 2.45) is 5.73 Å². The van der Waals surface area contributed by atoms with Crippen molar-refractivity contribution in [1.29, 1.82) is 0 Å². The second-order valence-corrected chi connectivity index (χ2v) is 4.81. The predicted molar refractivity (Wildman–Crippen MR) is 77.2 cm³/mol. The largest absolute Gasteiger partial charge is 0.480 e. The van der Waals surface area contributed by atoms with Crippen LogP contribution >= 0.6 is 0 Å². The SMILES string of the molecule is N[C@H](CN[C@H](CCB(O)O)C(=O)O)Cc1ccccc1. The number of hydrogen-bond donors (Lipinski definition) is 5. The highest BCUT2D eigenvalue weighted by molar-refractivity contribution is 6.40. The Hall–Kier alpha value is -1.41. The fraction of sp³-hybridized carbons (Fsp3) is 0.462. The molecular weight excluding hydrogens is 259 g/mol. The molecule has 0 spiro atoms. The van der Waals surface area contributed by atoms with E-state index in [9.17, 15) is 4.79 Å². The zero-order chi connectivity index (χ0) is 15.0. The summed E-state index contributed by atoms with van der Waals surface area (Å²) in [6.45, 7) is 0.355. The molecule has 2 atom stereocenters. The molecule has 0 amide bonds. The molecule has 7 heteroatoms. The first kappa shape index (κ1) is 16.6. The molecule has 1 rings (SSSR count). The van der Waals surface area contributed by atoms with Gasteiger partial charge in [0.05, 0.1) is 0 Å². The van der Waals surface area contributed by atoms with E-state index in [1.807, 2.05) is 30.3 Å². The summed E-state index contributed by atoms with van der Waals surface area (Å²) < 4.78 is 0. The number of carboxylic acids is 1. The van der Waals surface area contributed by atoms with Crippen molar-refractivity contribution in [3.05, 3.63) is 35.9 Å². The second-order valence-electron chi connectivity index (χ2n) is 4.81. The molecule has 0 aliphatic carbocycles. The fourth-order valence-electron chi connectivity index (χ4n) is 1.91. The van der Waals surface area contributed by atoms with Gasteiger partial charge in [0.1, 0.15) is 6.04 Å². The van der Waals surface area contributed by atoms with E-state index < -0.39 is 19.1 Å². The van der Waals surface area contributed by atoms with Gasteiger partial charge in [-0.05, 0) is 24.7 Å². The molecule has 0 fully saturated rings. The zero-order valence-electron chi connectivity index (χ0n) is 11.3. The van der Waals surface area contributed by atoms with Crippen molar-refractivity contribution < 1.29 is 19.9 Å². The van der Waals surface area contributed by atoms with E-state index in [2.05, 4.69) is 5.32 Å². The van der Waals surface area contributed by atoms with Gasteiger partial charge in [-0.2, -0.15) is 0 Å². The number of aliphatic carboxylic acids is 1. The summed E-state index contributed by atoms with van der Waals surface area (Å²) in [5, 5.41) is 29.4. The molecule has 0 saturated carbocycles. The Labute approximate surface area is 118 Å². The van der Waals surface area contributed by atoms with Gasteiger partial charge in [-0.25, -0.2) is 0 Å². The van der Waals surface area contributed by atoms with Crippen molar-refractivity contribution in [1.82, 2.24) is 5.32 Å². The van der Waals surface area contributed by atoms with Crippen LogP contribution in [0.2, 0.25) is 6.32 Å². The van der Waals surface area contributed by atoms with Crippen LogP contribution in [0.3, 0.4) is 0 Å². The summed E-state index contributed by atoms with van der Waals surface area (Å²) >= 11 is 0. The van der Waals surface area contributed by atoms with Crippen molar-refractivity contribution in [3.63, 3.8) is 0 Å². The van der Waals surface area contributed by atoms with Gasteiger partial charge in [-0.15, -0.1) is 0 Å². The van der Waals surface area contributed by atoms with Crippen LogP contribution in [0.5, 0.6) is 0 Å². The Balaban J connectivity index is 2.36. The van der Waals surface area contributed by atoms with Crippen LogP contribution in [-0.4, -0.2) is 46.9 Å². The number of carboxylic acid groups (broad SMARTS) is 1. The van der Waals surface area contributed by atoms with E-state index in [0.29, 0.717) is 13.0 Å². The molecule has 0 heterocycles. The number of carbonyl (C=O) groups is 1. The molecule has 1 aromatic carbocycles. The Morgan fingerprint density at radius 1 is 1.30 bits per heavy atom. The number of nitrogens with one attached hydrogen (secondary N) is 1. The molecule has 0 bridgehead atoms. The standard InChI is InChI=1S/C13H21BN2O4/c15-11(8-10-4-2-1-3-5-10)9-16-12(13(17)18)6-7-14(19)20/h1-5,11-12,16,19-20H,6-9,15H2,(H,17,18)/t11-,12+/m0/s1. The molecular formula is C13H21BN2O4. The number of rotatable bonds is 9. The Bertz CT molecular complexity index is 403. The lowest BCUT2D eigenvalue weighted by molar-refractivity contribution is -0.139. The molecule has 6 N–H and O–H groups in total. The van der Waals surface area contributed by atoms with E-state index in [4.69, 9.17) is 20.9 Å². The van der Waals surface area contributed by atoms with Gasteiger partial charge < -0.3 is 26.2 Å². The topological polar surface area (TPSA) is 116 Å². The summed E-state index contributed by atoms with van der Waals surface area (Å²) in [5.74, 6) is -1.02. The first-order chi connectivity index (χ1) is 9.49. The van der Waals surface area contributed by atoms with E-state index in [-0.39, 0.29) is 18.8 Å². The summed E-state index contributed by atoms with van der Waals surface area (Å²) in [5.41, 5.74) is 7.05. The van der Waals surface area contributed by atoms with E-state index in [1.165, 1.54) is 0 Å². The summed E-state index contributed by atoms with van der Waals surface area (Å²) in [6.07, 6.45) is 0.811. The van der Waals surface area contributed by atoms with E-state index in [1.54, 1.807) is 0 Å². The highest BCUT2D eigenvalue weighted by Crippen LogP contribution is 2.03. The third-order valence-electron chi connectivity index (χ3n) is 2.98. The molecule has 6 nitrogen and oxygen atoms in total. The van der Waals surface area contributed by atoms with Gasteiger partial charge in [0.25, 0.3) is 0 Å². The lowest BCUT2D eigenvalue weighted by Gasteiger charge is -2.18. The van der Waals surface area contributed by atoms with Crippen LogP contribution in [-0.2, 0) is 11.2 Å². The maximum atomic E-state index is 11.0. The molecule has 0 unspecified atom stereocenters. The summed E-state index contributed by atoms with van der Waals surface area (Å²) in [6, 6.07) is 8.70. The zero-order valence-corrected chi connectivity index (χ0v) is 11.3. The molecule has 20 heavy (non-hydrogen) atoms. The normalized spacial score (nSPS) is 13.8. The Kier molecular flexibility index (Phi) is 7.25. The fourth-order valence-corrected chi connectivity index (χ4v) is 1.91. The van der Waals surface area contributed by atoms with Crippen molar-refractivity contribution in [2.45, 2.75) is 31.2 Å². The molecule has 110 valence electrons. The summed E-state index contributed by atoms with van der Waals surface area (Å²) in [7, 11) is -1.49. The quantitative estimate of drug-likeness (QED) is 0.388. The second kappa shape index (κ2) is 8.70. The van der Waals surface area contributed by atoms with Crippen LogP contribution in [0.15, 0.2) is 30.3 Å².